The monoisotopic (exact) mass is 235 g/mol. The summed E-state index contributed by atoms with van der Waals surface area (Å²) in [7, 11) is 0. The molecule has 0 saturated heterocycles. The van der Waals surface area contributed by atoms with Gasteiger partial charge < -0.3 is 10.7 Å². The van der Waals surface area contributed by atoms with Crippen LogP contribution in [0.15, 0.2) is 0 Å². The molecule has 0 atom stereocenters. The van der Waals surface area contributed by atoms with Gasteiger partial charge in [-0.15, -0.1) is 0 Å². The average Bonchev–Trinajstić information content (AvgIpc) is 3.13. The van der Waals surface area contributed by atoms with Crippen molar-refractivity contribution in [3.63, 3.8) is 0 Å². The normalized spacial score (nSPS) is 14.8. The van der Waals surface area contributed by atoms with E-state index in [1.807, 2.05) is 6.92 Å². The van der Waals surface area contributed by atoms with E-state index in [1.165, 1.54) is 12.8 Å². The SMILES string of the molecule is CCCc1nc(NN)c(C)c(NCC2CC2)n1. The predicted octanol–water partition coefficient (Wildman–Crippen LogP) is 1.85. The van der Waals surface area contributed by atoms with Crippen molar-refractivity contribution in [2.45, 2.75) is 39.5 Å². The van der Waals surface area contributed by atoms with Crippen LogP contribution in [0.4, 0.5) is 11.6 Å². The van der Waals surface area contributed by atoms with Crippen molar-refractivity contribution in [3.05, 3.63) is 11.4 Å². The van der Waals surface area contributed by atoms with E-state index in [9.17, 15) is 0 Å². The van der Waals surface area contributed by atoms with Gasteiger partial charge in [0.15, 0.2) is 0 Å². The molecule has 4 N–H and O–H groups in total. The Hall–Kier alpha value is -1.36. The molecule has 1 aliphatic rings. The summed E-state index contributed by atoms with van der Waals surface area (Å²) < 4.78 is 0. The van der Waals surface area contributed by atoms with Crippen LogP contribution in [-0.4, -0.2) is 16.5 Å². The first-order valence-corrected chi connectivity index (χ1v) is 6.32. The Morgan fingerprint density at radius 3 is 2.59 bits per heavy atom. The standard InChI is InChI=1S/C12H21N5/c1-3-4-10-15-11(14-7-9-5-6-9)8(2)12(16-10)17-13/h9H,3-7,13H2,1-2H3,(H2,14,15,16,17). The van der Waals surface area contributed by atoms with E-state index < -0.39 is 0 Å². The van der Waals surface area contributed by atoms with Crippen molar-refractivity contribution in [2.24, 2.45) is 11.8 Å². The molecule has 0 spiro atoms. The maximum atomic E-state index is 5.48. The van der Waals surface area contributed by atoms with E-state index in [4.69, 9.17) is 5.84 Å². The molecular formula is C12H21N5. The zero-order chi connectivity index (χ0) is 12.3. The third kappa shape index (κ3) is 3.06. The Bertz CT molecular complexity index is 387. The number of hydrogen-bond donors (Lipinski definition) is 3. The highest BCUT2D eigenvalue weighted by Crippen LogP contribution is 2.29. The van der Waals surface area contributed by atoms with Gasteiger partial charge in [-0.2, -0.15) is 0 Å². The minimum atomic E-state index is 0.724. The molecule has 1 fully saturated rings. The van der Waals surface area contributed by atoms with E-state index in [2.05, 4.69) is 27.6 Å². The lowest BCUT2D eigenvalue weighted by molar-refractivity contribution is 0.822. The Morgan fingerprint density at radius 1 is 1.29 bits per heavy atom. The smallest absolute Gasteiger partial charge is 0.148 e. The lowest BCUT2D eigenvalue weighted by Crippen LogP contribution is -2.15. The van der Waals surface area contributed by atoms with Crippen LogP contribution in [0.5, 0.6) is 0 Å². The fourth-order valence-electron chi connectivity index (χ4n) is 1.77. The molecular weight excluding hydrogens is 214 g/mol. The molecule has 5 heteroatoms. The molecule has 0 bridgehead atoms. The van der Waals surface area contributed by atoms with Crippen molar-refractivity contribution >= 4 is 11.6 Å². The van der Waals surface area contributed by atoms with E-state index in [1.54, 1.807) is 0 Å². The topological polar surface area (TPSA) is 75.9 Å². The van der Waals surface area contributed by atoms with Crippen LogP contribution in [0.25, 0.3) is 0 Å². The highest BCUT2D eigenvalue weighted by molar-refractivity contribution is 5.56. The van der Waals surface area contributed by atoms with Crippen LogP contribution in [0, 0.1) is 12.8 Å². The summed E-state index contributed by atoms with van der Waals surface area (Å²) >= 11 is 0. The minimum absolute atomic E-state index is 0.724. The van der Waals surface area contributed by atoms with E-state index in [0.717, 1.165) is 48.3 Å². The van der Waals surface area contributed by atoms with Crippen LogP contribution in [0.1, 0.15) is 37.6 Å². The molecule has 1 aromatic rings. The fraction of sp³-hybridized carbons (Fsp3) is 0.667. The van der Waals surface area contributed by atoms with Gasteiger partial charge in [-0.1, -0.05) is 6.92 Å². The number of aromatic nitrogens is 2. The molecule has 17 heavy (non-hydrogen) atoms. The zero-order valence-electron chi connectivity index (χ0n) is 10.6. The molecule has 0 unspecified atom stereocenters. The maximum absolute atomic E-state index is 5.48. The summed E-state index contributed by atoms with van der Waals surface area (Å²) in [6.45, 7) is 5.11. The Labute approximate surface area is 102 Å². The maximum Gasteiger partial charge on any atom is 0.148 e. The number of nitrogens with zero attached hydrogens (tertiary/aromatic N) is 2. The van der Waals surface area contributed by atoms with Gasteiger partial charge in [0.25, 0.3) is 0 Å². The van der Waals surface area contributed by atoms with Gasteiger partial charge in [0.05, 0.1) is 0 Å². The van der Waals surface area contributed by atoms with Gasteiger partial charge in [0.2, 0.25) is 0 Å². The van der Waals surface area contributed by atoms with E-state index in [-0.39, 0.29) is 0 Å². The van der Waals surface area contributed by atoms with Crippen LogP contribution in [0.3, 0.4) is 0 Å². The Kier molecular flexibility index (Phi) is 3.78. The average molecular weight is 235 g/mol. The number of nitrogen functional groups attached to an aromatic ring is 1. The van der Waals surface area contributed by atoms with Gasteiger partial charge >= 0.3 is 0 Å². The van der Waals surface area contributed by atoms with E-state index in [0.29, 0.717) is 0 Å². The van der Waals surface area contributed by atoms with Gasteiger partial charge in [-0.25, -0.2) is 15.8 Å². The molecule has 0 aromatic carbocycles. The molecule has 0 amide bonds. The third-order valence-corrected chi connectivity index (χ3v) is 3.06. The van der Waals surface area contributed by atoms with Crippen molar-refractivity contribution in [3.8, 4) is 0 Å². The second-order valence-corrected chi connectivity index (χ2v) is 4.68. The molecule has 0 radical (unpaired) electrons. The molecule has 2 rings (SSSR count). The summed E-state index contributed by atoms with van der Waals surface area (Å²) in [5.74, 6) is 8.81. The first kappa shape index (κ1) is 12.1. The summed E-state index contributed by atoms with van der Waals surface area (Å²) in [6, 6.07) is 0. The molecule has 94 valence electrons. The van der Waals surface area contributed by atoms with Crippen LogP contribution >= 0.6 is 0 Å². The molecule has 1 aliphatic carbocycles. The highest BCUT2D eigenvalue weighted by atomic mass is 15.3. The van der Waals surface area contributed by atoms with Crippen molar-refractivity contribution in [1.82, 2.24) is 9.97 Å². The first-order valence-electron chi connectivity index (χ1n) is 6.32. The zero-order valence-corrected chi connectivity index (χ0v) is 10.6. The third-order valence-electron chi connectivity index (χ3n) is 3.06. The first-order chi connectivity index (χ1) is 8.24. The summed E-state index contributed by atoms with van der Waals surface area (Å²) in [5.41, 5.74) is 3.64. The largest absolute Gasteiger partial charge is 0.369 e. The second kappa shape index (κ2) is 5.31. The quantitative estimate of drug-likeness (QED) is 0.518. The molecule has 1 aromatic heterocycles. The Balaban J connectivity index is 2.16. The molecule has 0 aliphatic heterocycles. The summed E-state index contributed by atoms with van der Waals surface area (Å²) in [5, 5.41) is 3.40. The number of nitrogens with one attached hydrogen (secondary N) is 2. The number of aryl methyl sites for hydroxylation is 1. The number of rotatable bonds is 6. The predicted molar refractivity (Wildman–Crippen MR) is 69.8 cm³/mol. The second-order valence-electron chi connectivity index (χ2n) is 4.68. The van der Waals surface area contributed by atoms with Gasteiger partial charge in [0.1, 0.15) is 17.5 Å². The molecule has 1 saturated carbocycles. The van der Waals surface area contributed by atoms with Crippen LogP contribution in [0.2, 0.25) is 0 Å². The van der Waals surface area contributed by atoms with Crippen LogP contribution < -0.4 is 16.6 Å². The van der Waals surface area contributed by atoms with Crippen LogP contribution in [-0.2, 0) is 6.42 Å². The minimum Gasteiger partial charge on any atom is -0.369 e. The van der Waals surface area contributed by atoms with Gasteiger partial charge in [0, 0.05) is 18.5 Å². The summed E-state index contributed by atoms with van der Waals surface area (Å²) in [4.78, 5) is 8.95. The van der Waals surface area contributed by atoms with Gasteiger partial charge in [-0.05, 0) is 32.1 Å². The van der Waals surface area contributed by atoms with Crippen molar-refractivity contribution < 1.29 is 0 Å². The molecule has 5 nitrogen and oxygen atoms in total. The lowest BCUT2D eigenvalue weighted by atomic mass is 10.2. The number of anilines is 2. The summed E-state index contributed by atoms with van der Waals surface area (Å²) in [6.07, 6.45) is 4.59. The van der Waals surface area contributed by atoms with Crippen molar-refractivity contribution in [2.75, 3.05) is 17.3 Å². The lowest BCUT2D eigenvalue weighted by Gasteiger charge is -2.13. The van der Waals surface area contributed by atoms with Crippen molar-refractivity contribution in [1.29, 1.82) is 0 Å². The number of nitrogens with two attached hydrogens (primary N) is 1. The van der Waals surface area contributed by atoms with Gasteiger partial charge in [-0.3, -0.25) is 0 Å². The molecule has 1 heterocycles. The number of hydrogen-bond acceptors (Lipinski definition) is 5. The fourth-order valence-corrected chi connectivity index (χ4v) is 1.77. The Morgan fingerprint density at radius 2 is 2.00 bits per heavy atom. The highest BCUT2D eigenvalue weighted by Gasteiger charge is 2.21. The number of hydrazine groups is 1. The van der Waals surface area contributed by atoms with E-state index >= 15 is 0 Å².